The first-order valence-electron chi connectivity index (χ1n) is 7.34. The SMILES string of the molecule is O=C(c1cccs1)[C@H]1[C@@H](c2ccc(F)cc2)NC(=S)N[C@@]1(O)C(F)(F)F. The Morgan fingerprint density at radius 3 is 2.42 bits per heavy atom. The molecule has 2 aromatic rings. The number of carbonyl (C=O) groups is 1. The Kier molecular flexibility index (Phi) is 4.76. The van der Waals surface area contributed by atoms with Crippen LogP contribution in [0.3, 0.4) is 0 Å². The summed E-state index contributed by atoms with van der Waals surface area (Å²) in [6, 6.07) is 6.19. The number of thiocarbonyl (C=S) groups is 1. The number of alkyl halides is 3. The third-order valence-corrected chi connectivity index (χ3v) is 5.19. The van der Waals surface area contributed by atoms with E-state index < -0.39 is 40.6 Å². The predicted molar refractivity (Wildman–Crippen MR) is 91.2 cm³/mol. The van der Waals surface area contributed by atoms with Crippen LogP contribution >= 0.6 is 23.6 Å². The zero-order chi connectivity index (χ0) is 19.1. The van der Waals surface area contributed by atoms with E-state index in [0.717, 1.165) is 23.5 Å². The number of Topliss-reactive ketones (excluding diaryl/α,β-unsaturated/α-hetero) is 1. The van der Waals surface area contributed by atoms with Gasteiger partial charge < -0.3 is 15.7 Å². The van der Waals surface area contributed by atoms with Gasteiger partial charge in [0.25, 0.3) is 0 Å². The molecular weight excluding hydrogens is 392 g/mol. The Hall–Kier alpha value is -2.04. The van der Waals surface area contributed by atoms with Crippen LogP contribution in [0.2, 0.25) is 0 Å². The first-order chi connectivity index (χ1) is 12.1. The van der Waals surface area contributed by atoms with Gasteiger partial charge in [0.05, 0.1) is 10.9 Å². The molecule has 1 aromatic carbocycles. The molecular formula is C16H12F4N2O2S2. The number of thiophene rings is 1. The summed E-state index contributed by atoms with van der Waals surface area (Å²) in [5.74, 6) is -3.47. The number of halogens is 4. The van der Waals surface area contributed by atoms with Gasteiger partial charge in [-0.3, -0.25) is 4.79 Å². The fraction of sp³-hybridized carbons (Fsp3) is 0.250. The Morgan fingerprint density at radius 2 is 1.88 bits per heavy atom. The molecule has 26 heavy (non-hydrogen) atoms. The van der Waals surface area contributed by atoms with Crippen LogP contribution in [-0.4, -0.2) is 27.9 Å². The summed E-state index contributed by atoms with van der Waals surface area (Å²) in [6.45, 7) is 0. The monoisotopic (exact) mass is 404 g/mol. The third-order valence-electron chi connectivity index (χ3n) is 4.08. The van der Waals surface area contributed by atoms with Gasteiger partial charge in [-0.15, -0.1) is 11.3 Å². The van der Waals surface area contributed by atoms with Crippen molar-refractivity contribution in [3.8, 4) is 0 Å². The van der Waals surface area contributed by atoms with Gasteiger partial charge in [-0.2, -0.15) is 13.2 Å². The number of carbonyl (C=O) groups excluding carboxylic acids is 1. The average Bonchev–Trinajstić information content (AvgIpc) is 3.08. The molecule has 0 saturated carbocycles. The molecule has 1 aliphatic heterocycles. The molecule has 10 heteroatoms. The van der Waals surface area contributed by atoms with Crippen LogP contribution in [0.1, 0.15) is 21.3 Å². The van der Waals surface area contributed by atoms with E-state index in [0.29, 0.717) is 0 Å². The van der Waals surface area contributed by atoms with Gasteiger partial charge in [-0.1, -0.05) is 18.2 Å². The van der Waals surface area contributed by atoms with Gasteiger partial charge in [0, 0.05) is 0 Å². The molecule has 3 N–H and O–H groups in total. The standard InChI is InChI=1S/C16H12F4N2O2S2/c17-9-5-3-8(4-6-9)12-11(13(23)10-2-1-7-26-10)15(24,16(18,19)20)22-14(25)21-12/h1-7,11-12,24H,(H2,21,22,25)/t11-,12-,15+/m1/s1. The van der Waals surface area contributed by atoms with Crippen LogP contribution in [0, 0.1) is 11.7 Å². The Bertz CT molecular complexity index is 824. The van der Waals surface area contributed by atoms with Crippen LogP contribution in [0.5, 0.6) is 0 Å². The Morgan fingerprint density at radius 1 is 1.23 bits per heavy atom. The Balaban J connectivity index is 2.14. The van der Waals surface area contributed by atoms with Crippen molar-refractivity contribution in [2.45, 2.75) is 17.9 Å². The molecule has 138 valence electrons. The van der Waals surface area contributed by atoms with Crippen LogP contribution in [0.15, 0.2) is 41.8 Å². The molecule has 3 atom stereocenters. The quantitative estimate of drug-likeness (QED) is 0.417. The molecule has 1 saturated heterocycles. The number of rotatable bonds is 3. The van der Waals surface area contributed by atoms with Crippen molar-refractivity contribution in [3.63, 3.8) is 0 Å². The predicted octanol–water partition coefficient (Wildman–Crippen LogP) is 3.16. The van der Waals surface area contributed by atoms with Gasteiger partial charge in [0.2, 0.25) is 5.72 Å². The fourth-order valence-corrected chi connectivity index (χ4v) is 3.85. The number of ketones is 1. The molecule has 2 heterocycles. The van der Waals surface area contributed by atoms with E-state index in [4.69, 9.17) is 12.2 Å². The lowest BCUT2D eigenvalue weighted by atomic mass is 9.79. The van der Waals surface area contributed by atoms with Gasteiger partial charge in [-0.25, -0.2) is 4.39 Å². The maximum absolute atomic E-state index is 13.7. The van der Waals surface area contributed by atoms with Crippen LogP contribution < -0.4 is 10.6 Å². The van der Waals surface area contributed by atoms with E-state index in [2.05, 4.69) is 5.32 Å². The first kappa shape index (κ1) is 18.7. The topological polar surface area (TPSA) is 61.4 Å². The summed E-state index contributed by atoms with van der Waals surface area (Å²) < 4.78 is 54.3. The van der Waals surface area contributed by atoms with Crippen molar-refractivity contribution in [3.05, 3.63) is 58.0 Å². The first-order valence-corrected chi connectivity index (χ1v) is 8.63. The van der Waals surface area contributed by atoms with Crippen molar-refractivity contribution in [1.82, 2.24) is 10.6 Å². The van der Waals surface area contributed by atoms with E-state index in [1.54, 1.807) is 10.7 Å². The number of benzene rings is 1. The second kappa shape index (κ2) is 6.60. The third kappa shape index (κ3) is 3.19. The van der Waals surface area contributed by atoms with E-state index in [-0.39, 0.29) is 10.4 Å². The van der Waals surface area contributed by atoms with E-state index >= 15 is 0 Å². The highest BCUT2D eigenvalue weighted by molar-refractivity contribution is 7.80. The van der Waals surface area contributed by atoms with Crippen LogP contribution in [0.25, 0.3) is 0 Å². The number of hydrogen-bond donors (Lipinski definition) is 3. The van der Waals surface area contributed by atoms with E-state index in [1.165, 1.54) is 24.3 Å². The van der Waals surface area contributed by atoms with Crippen LogP contribution in [-0.2, 0) is 0 Å². The highest BCUT2D eigenvalue weighted by Gasteiger charge is 2.65. The molecule has 0 spiro atoms. The lowest BCUT2D eigenvalue weighted by molar-refractivity contribution is -0.285. The molecule has 3 rings (SSSR count). The minimum atomic E-state index is -5.19. The second-order valence-corrected chi connectivity index (χ2v) is 7.07. The van der Waals surface area contributed by atoms with Crippen molar-refractivity contribution >= 4 is 34.5 Å². The minimum absolute atomic E-state index is 0.0567. The molecule has 1 fully saturated rings. The number of hydrogen-bond acceptors (Lipinski definition) is 4. The summed E-state index contributed by atoms with van der Waals surface area (Å²) >= 11 is 5.76. The normalized spacial score (nSPS) is 26.1. The molecule has 1 aromatic heterocycles. The average molecular weight is 404 g/mol. The number of nitrogens with one attached hydrogen (secondary N) is 2. The Labute approximate surface area is 154 Å². The van der Waals surface area contributed by atoms with E-state index in [9.17, 15) is 27.5 Å². The molecule has 0 bridgehead atoms. The lowest BCUT2D eigenvalue weighted by Crippen LogP contribution is -2.72. The summed E-state index contributed by atoms with van der Waals surface area (Å²) in [7, 11) is 0. The number of aliphatic hydroxyl groups is 1. The summed E-state index contributed by atoms with van der Waals surface area (Å²) in [4.78, 5) is 12.9. The molecule has 1 aliphatic rings. The fourth-order valence-electron chi connectivity index (χ4n) is 2.86. The van der Waals surface area contributed by atoms with Crippen molar-refractivity contribution < 1.29 is 27.5 Å². The summed E-state index contributed by atoms with van der Waals surface area (Å²) in [6.07, 6.45) is -5.19. The van der Waals surface area contributed by atoms with Gasteiger partial charge in [-0.05, 0) is 41.4 Å². The van der Waals surface area contributed by atoms with Gasteiger partial charge >= 0.3 is 6.18 Å². The minimum Gasteiger partial charge on any atom is -0.363 e. The zero-order valence-corrected chi connectivity index (χ0v) is 14.5. The maximum atomic E-state index is 13.7. The molecule has 4 nitrogen and oxygen atoms in total. The molecule has 0 radical (unpaired) electrons. The van der Waals surface area contributed by atoms with Crippen molar-refractivity contribution in [2.75, 3.05) is 0 Å². The van der Waals surface area contributed by atoms with Gasteiger partial charge in [0.1, 0.15) is 11.7 Å². The highest BCUT2D eigenvalue weighted by Crippen LogP contribution is 2.44. The largest absolute Gasteiger partial charge is 0.437 e. The molecule has 0 aliphatic carbocycles. The zero-order valence-electron chi connectivity index (χ0n) is 12.9. The van der Waals surface area contributed by atoms with Gasteiger partial charge in [0.15, 0.2) is 10.9 Å². The van der Waals surface area contributed by atoms with Crippen LogP contribution in [0.4, 0.5) is 17.6 Å². The summed E-state index contributed by atoms with van der Waals surface area (Å²) in [5.41, 5.74) is -3.39. The van der Waals surface area contributed by atoms with Crippen molar-refractivity contribution in [1.29, 1.82) is 0 Å². The molecule has 0 amide bonds. The maximum Gasteiger partial charge on any atom is 0.437 e. The smallest absolute Gasteiger partial charge is 0.363 e. The lowest BCUT2D eigenvalue weighted by Gasteiger charge is -2.46. The molecule has 0 unspecified atom stereocenters. The highest BCUT2D eigenvalue weighted by atomic mass is 32.1. The van der Waals surface area contributed by atoms with Crippen molar-refractivity contribution in [2.24, 2.45) is 5.92 Å². The summed E-state index contributed by atoms with van der Waals surface area (Å²) in [5, 5.41) is 15.9. The second-order valence-electron chi connectivity index (χ2n) is 5.71. The van der Waals surface area contributed by atoms with E-state index in [1.807, 2.05) is 0 Å².